The van der Waals surface area contributed by atoms with E-state index in [2.05, 4.69) is 13.2 Å². The highest BCUT2D eigenvalue weighted by Gasteiger charge is 2.79. The van der Waals surface area contributed by atoms with Crippen LogP contribution in [0.3, 0.4) is 0 Å². The Hall–Kier alpha value is -2.97. The van der Waals surface area contributed by atoms with E-state index >= 15 is 0 Å². The fourth-order valence-electron chi connectivity index (χ4n) is 7.21. The molecule has 2 amide bonds. The largest absolute Gasteiger partial charge is 0.465 e. The molecular formula is C32H44N2O6. The lowest BCUT2D eigenvalue weighted by Crippen LogP contribution is -2.59. The van der Waals surface area contributed by atoms with Crippen molar-refractivity contribution < 1.29 is 29.0 Å². The van der Waals surface area contributed by atoms with Gasteiger partial charge in [-0.15, -0.1) is 13.2 Å². The molecule has 3 saturated heterocycles. The summed E-state index contributed by atoms with van der Waals surface area (Å²) in [6.07, 6.45) is 5.94. The van der Waals surface area contributed by atoms with E-state index in [0.29, 0.717) is 38.6 Å². The molecule has 0 aromatic heterocycles. The predicted molar refractivity (Wildman–Crippen MR) is 152 cm³/mol. The summed E-state index contributed by atoms with van der Waals surface area (Å²) in [5.74, 6) is -2.52. The summed E-state index contributed by atoms with van der Waals surface area (Å²) in [5, 5.41) is 10.5. The number of esters is 1. The van der Waals surface area contributed by atoms with Crippen LogP contribution in [0.25, 0.3) is 0 Å². The summed E-state index contributed by atoms with van der Waals surface area (Å²) in [5.41, 5.74) is -1.09. The molecule has 8 heteroatoms. The van der Waals surface area contributed by atoms with Crippen molar-refractivity contribution in [2.75, 3.05) is 19.8 Å². The molecule has 3 aliphatic heterocycles. The van der Waals surface area contributed by atoms with Crippen LogP contribution in [0.4, 0.5) is 0 Å². The highest BCUT2D eigenvalue weighted by Crippen LogP contribution is 2.65. The number of carbonyl (C=O) groups excluding carboxylic acids is 3. The summed E-state index contributed by atoms with van der Waals surface area (Å²) >= 11 is 0. The van der Waals surface area contributed by atoms with E-state index in [0.717, 1.165) is 5.56 Å². The first-order valence-electron chi connectivity index (χ1n) is 14.5. The number of carbonyl (C=O) groups is 3. The number of aliphatic hydroxyl groups excluding tert-OH is 1. The van der Waals surface area contributed by atoms with Gasteiger partial charge >= 0.3 is 5.97 Å². The Morgan fingerprint density at radius 1 is 1.23 bits per heavy atom. The SMILES string of the molecule is C=CCCOC(=O)[C@@H]1[C@H]2C(=O)N([C@@H](CO)CC(C)C)C(C(=O)N(CC=C)Cc3ccccc3)C23CC[C@@]1(CC)O3. The van der Waals surface area contributed by atoms with Crippen molar-refractivity contribution in [2.45, 2.75) is 82.7 Å². The standard InChI is InChI=1S/C32H44N2O6/c1-6-9-18-39-30(38)26-25-28(36)34(24(21-35)19-22(4)5)27(32(25)16-15-31(26,8-3)40-32)29(37)33(17-7-2)20-23-13-11-10-12-14-23/h6-7,10-14,22,24-27,35H,1-2,8-9,15-21H2,3-5H3/t24-,25+,26+,27?,31-,32?/m1/s1. The van der Waals surface area contributed by atoms with Gasteiger partial charge in [0.2, 0.25) is 11.8 Å². The third-order valence-corrected chi connectivity index (χ3v) is 8.90. The summed E-state index contributed by atoms with van der Waals surface area (Å²) < 4.78 is 12.5. The van der Waals surface area contributed by atoms with Crippen molar-refractivity contribution in [1.82, 2.24) is 9.80 Å². The fraction of sp³-hybridized carbons (Fsp3) is 0.594. The van der Waals surface area contributed by atoms with Gasteiger partial charge in [-0.25, -0.2) is 0 Å². The maximum Gasteiger partial charge on any atom is 0.312 e. The minimum absolute atomic E-state index is 0.172. The molecule has 8 nitrogen and oxygen atoms in total. The number of fused-ring (bicyclic) bond motifs is 1. The first-order chi connectivity index (χ1) is 19.2. The van der Waals surface area contributed by atoms with Crippen molar-refractivity contribution in [3.05, 3.63) is 61.2 Å². The van der Waals surface area contributed by atoms with Gasteiger partial charge in [0.25, 0.3) is 0 Å². The molecule has 0 saturated carbocycles. The topological polar surface area (TPSA) is 96.4 Å². The molecule has 3 fully saturated rings. The van der Waals surface area contributed by atoms with Gasteiger partial charge in [0.1, 0.15) is 17.6 Å². The number of ether oxygens (including phenoxy) is 2. The minimum atomic E-state index is -1.17. The first-order valence-corrected chi connectivity index (χ1v) is 14.5. The predicted octanol–water partition coefficient (Wildman–Crippen LogP) is 3.88. The second-order valence-electron chi connectivity index (χ2n) is 11.8. The lowest BCUT2D eigenvalue weighted by Gasteiger charge is -2.40. The molecule has 1 aromatic rings. The zero-order valence-corrected chi connectivity index (χ0v) is 24.1. The Labute approximate surface area is 238 Å². The van der Waals surface area contributed by atoms with Crippen molar-refractivity contribution in [2.24, 2.45) is 17.8 Å². The molecule has 1 N–H and O–H groups in total. The molecule has 2 bridgehead atoms. The highest BCUT2D eigenvalue weighted by molar-refractivity contribution is 5.98. The third kappa shape index (κ3) is 5.12. The maximum absolute atomic E-state index is 14.6. The molecule has 0 radical (unpaired) electrons. The average molecular weight is 553 g/mol. The average Bonchev–Trinajstić information content (AvgIpc) is 3.55. The zero-order valence-electron chi connectivity index (χ0n) is 24.1. The highest BCUT2D eigenvalue weighted by atomic mass is 16.6. The van der Waals surface area contributed by atoms with Gasteiger partial charge in [0.05, 0.1) is 30.8 Å². The Balaban J connectivity index is 1.79. The monoisotopic (exact) mass is 552 g/mol. The number of nitrogens with zero attached hydrogens (tertiary/aromatic N) is 2. The molecular weight excluding hydrogens is 508 g/mol. The van der Waals surface area contributed by atoms with Crippen LogP contribution < -0.4 is 0 Å². The zero-order chi connectivity index (χ0) is 29.1. The van der Waals surface area contributed by atoms with Crippen LogP contribution in [0.2, 0.25) is 0 Å². The van der Waals surface area contributed by atoms with Crippen molar-refractivity contribution in [1.29, 1.82) is 0 Å². The lowest BCUT2D eigenvalue weighted by molar-refractivity contribution is -0.163. The van der Waals surface area contributed by atoms with Gasteiger partial charge in [-0.2, -0.15) is 0 Å². The van der Waals surface area contributed by atoms with Gasteiger partial charge in [-0.1, -0.05) is 63.3 Å². The smallest absolute Gasteiger partial charge is 0.312 e. The fourth-order valence-corrected chi connectivity index (χ4v) is 7.21. The number of likely N-dealkylation sites (tertiary alicyclic amines) is 1. The lowest BCUT2D eigenvalue weighted by atomic mass is 9.65. The summed E-state index contributed by atoms with van der Waals surface area (Å²) in [7, 11) is 0. The number of benzene rings is 1. The number of aliphatic hydroxyl groups is 1. The second kappa shape index (κ2) is 12.3. The van der Waals surface area contributed by atoms with E-state index in [4.69, 9.17) is 9.47 Å². The van der Waals surface area contributed by atoms with Crippen LogP contribution in [0.5, 0.6) is 0 Å². The Morgan fingerprint density at radius 2 is 1.95 bits per heavy atom. The number of hydrogen-bond donors (Lipinski definition) is 1. The van der Waals surface area contributed by atoms with Crippen molar-refractivity contribution in [3.8, 4) is 0 Å². The van der Waals surface area contributed by atoms with Crippen LogP contribution in [0, 0.1) is 17.8 Å². The van der Waals surface area contributed by atoms with Gasteiger partial charge in [0, 0.05) is 13.1 Å². The normalized spacial score (nSPS) is 29.4. The van der Waals surface area contributed by atoms with Crippen molar-refractivity contribution >= 4 is 17.8 Å². The molecule has 0 aliphatic carbocycles. The van der Waals surface area contributed by atoms with E-state index in [1.54, 1.807) is 22.0 Å². The molecule has 3 heterocycles. The molecule has 3 aliphatic rings. The van der Waals surface area contributed by atoms with Gasteiger partial charge in [-0.3, -0.25) is 14.4 Å². The molecule has 2 unspecified atom stereocenters. The summed E-state index contributed by atoms with van der Waals surface area (Å²) in [6.45, 7) is 14.1. The maximum atomic E-state index is 14.6. The molecule has 6 atom stereocenters. The minimum Gasteiger partial charge on any atom is -0.465 e. The van der Waals surface area contributed by atoms with Crippen LogP contribution in [-0.4, -0.2) is 75.7 Å². The van der Waals surface area contributed by atoms with Crippen LogP contribution >= 0.6 is 0 Å². The molecule has 218 valence electrons. The van der Waals surface area contributed by atoms with E-state index < -0.39 is 41.1 Å². The van der Waals surface area contributed by atoms with E-state index in [9.17, 15) is 19.5 Å². The molecule has 1 spiro atoms. The van der Waals surface area contributed by atoms with Gasteiger partial charge in [-0.05, 0) is 43.6 Å². The number of hydrogen-bond acceptors (Lipinski definition) is 6. The van der Waals surface area contributed by atoms with Gasteiger partial charge in [0.15, 0.2) is 0 Å². The molecule has 4 rings (SSSR count). The summed E-state index contributed by atoms with van der Waals surface area (Å²) in [6, 6.07) is 8.13. The van der Waals surface area contributed by atoms with E-state index in [1.165, 1.54) is 0 Å². The molecule has 40 heavy (non-hydrogen) atoms. The Kier molecular flexibility index (Phi) is 9.20. The number of amides is 2. The Bertz CT molecular complexity index is 1110. The Morgan fingerprint density at radius 3 is 2.55 bits per heavy atom. The van der Waals surface area contributed by atoms with Crippen LogP contribution in [-0.2, 0) is 30.4 Å². The second-order valence-corrected chi connectivity index (χ2v) is 11.8. The third-order valence-electron chi connectivity index (χ3n) is 8.90. The summed E-state index contributed by atoms with van der Waals surface area (Å²) in [4.78, 5) is 45.9. The quantitative estimate of drug-likeness (QED) is 0.214. The van der Waals surface area contributed by atoms with Crippen LogP contribution in [0.1, 0.15) is 58.4 Å². The van der Waals surface area contributed by atoms with E-state index in [1.807, 2.05) is 51.1 Å². The van der Waals surface area contributed by atoms with E-state index in [-0.39, 0.29) is 37.5 Å². The number of rotatable bonds is 14. The van der Waals surface area contributed by atoms with Gasteiger partial charge < -0.3 is 24.4 Å². The van der Waals surface area contributed by atoms with Crippen molar-refractivity contribution in [3.63, 3.8) is 0 Å². The van der Waals surface area contributed by atoms with Crippen LogP contribution in [0.15, 0.2) is 55.6 Å². The first kappa shape index (κ1) is 30.0. The molecule has 1 aromatic carbocycles.